The quantitative estimate of drug-likeness (QED) is 0.752. The van der Waals surface area contributed by atoms with Crippen molar-refractivity contribution in [2.24, 2.45) is 0 Å². The molecule has 0 aliphatic rings. The topological polar surface area (TPSA) is 84.7 Å². The first-order valence-electron chi connectivity index (χ1n) is 7.32. The van der Waals surface area contributed by atoms with Gasteiger partial charge in [-0.15, -0.1) is 0 Å². The molecule has 2 heterocycles. The number of amides is 2. The maximum absolute atomic E-state index is 12.8. The lowest BCUT2D eigenvalue weighted by molar-refractivity contribution is 0.252. The molecule has 0 atom stereocenters. The molecule has 0 radical (unpaired) electrons. The number of carbonyl (C=O) groups excluding carboxylic acids is 1. The molecule has 3 aromatic rings. The lowest BCUT2D eigenvalue weighted by Crippen LogP contribution is -2.31. The van der Waals surface area contributed by atoms with Gasteiger partial charge in [-0.25, -0.2) is 23.8 Å². The average Bonchev–Trinajstić information content (AvgIpc) is 3.11. The monoisotopic (exact) mass is 326 g/mol. The van der Waals surface area contributed by atoms with E-state index in [4.69, 9.17) is 0 Å². The van der Waals surface area contributed by atoms with Gasteiger partial charge in [0.25, 0.3) is 0 Å². The molecule has 24 heavy (non-hydrogen) atoms. The first-order chi connectivity index (χ1) is 11.7. The summed E-state index contributed by atoms with van der Waals surface area (Å²) in [7, 11) is 0. The van der Waals surface area contributed by atoms with Gasteiger partial charge >= 0.3 is 6.03 Å². The van der Waals surface area contributed by atoms with Crippen molar-refractivity contribution in [1.82, 2.24) is 25.1 Å². The van der Waals surface area contributed by atoms with E-state index in [0.29, 0.717) is 24.5 Å². The van der Waals surface area contributed by atoms with Crippen molar-refractivity contribution in [3.8, 4) is 5.82 Å². The zero-order valence-corrected chi connectivity index (χ0v) is 12.7. The van der Waals surface area contributed by atoms with Gasteiger partial charge in [0.2, 0.25) is 0 Å². The minimum Gasteiger partial charge on any atom is -0.338 e. The predicted octanol–water partition coefficient (Wildman–Crippen LogP) is 2.17. The van der Waals surface area contributed by atoms with Crippen molar-refractivity contribution in [3.05, 3.63) is 66.6 Å². The van der Waals surface area contributed by atoms with Crippen molar-refractivity contribution in [3.63, 3.8) is 0 Å². The first kappa shape index (κ1) is 15.6. The number of aromatic nitrogens is 4. The summed E-state index contributed by atoms with van der Waals surface area (Å²) in [6.07, 6.45) is 5.10. The molecule has 2 N–H and O–H groups in total. The van der Waals surface area contributed by atoms with Crippen LogP contribution in [0.3, 0.4) is 0 Å². The molecule has 0 saturated carbocycles. The molecule has 0 unspecified atom stereocenters. The smallest absolute Gasteiger partial charge is 0.319 e. The molecule has 0 saturated heterocycles. The van der Waals surface area contributed by atoms with Gasteiger partial charge in [0, 0.05) is 12.7 Å². The predicted molar refractivity (Wildman–Crippen MR) is 86.3 cm³/mol. The Morgan fingerprint density at radius 1 is 1.21 bits per heavy atom. The van der Waals surface area contributed by atoms with Gasteiger partial charge in [-0.05, 0) is 36.2 Å². The summed E-state index contributed by atoms with van der Waals surface area (Å²) in [6, 6.07) is 9.27. The third-order valence-corrected chi connectivity index (χ3v) is 3.28. The van der Waals surface area contributed by atoms with Crippen LogP contribution in [-0.2, 0) is 6.42 Å². The van der Waals surface area contributed by atoms with Gasteiger partial charge in [-0.2, -0.15) is 5.10 Å². The van der Waals surface area contributed by atoms with Crippen LogP contribution < -0.4 is 10.6 Å². The zero-order valence-electron chi connectivity index (χ0n) is 12.7. The summed E-state index contributed by atoms with van der Waals surface area (Å²) in [5, 5.41) is 9.49. The van der Waals surface area contributed by atoms with Gasteiger partial charge in [0.05, 0.1) is 5.69 Å². The van der Waals surface area contributed by atoms with Crippen molar-refractivity contribution in [1.29, 1.82) is 0 Å². The largest absolute Gasteiger partial charge is 0.338 e. The number of urea groups is 1. The van der Waals surface area contributed by atoms with Crippen molar-refractivity contribution >= 4 is 11.7 Å². The van der Waals surface area contributed by atoms with Crippen LogP contribution in [0, 0.1) is 5.82 Å². The molecule has 0 aliphatic carbocycles. The number of carbonyl (C=O) groups is 1. The van der Waals surface area contributed by atoms with Gasteiger partial charge in [-0.3, -0.25) is 0 Å². The molecular weight excluding hydrogens is 311 g/mol. The van der Waals surface area contributed by atoms with E-state index in [9.17, 15) is 9.18 Å². The molecule has 7 nitrogen and oxygen atoms in total. The highest BCUT2D eigenvalue weighted by molar-refractivity contribution is 5.90. The minimum atomic E-state index is -0.355. The van der Waals surface area contributed by atoms with Gasteiger partial charge in [-0.1, -0.05) is 12.1 Å². The fraction of sp³-hybridized carbons (Fsp3) is 0.125. The maximum atomic E-state index is 12.8. The van der Waals surface area contributed by atoms with E-state index >= 15 is 0 Å². The number of hydrogen-bond donors (Lipinski definition) is 2. The standard InChI is InChI=1S/C16H15FN6O/c17-13-5-3-12(4-6-13)7-9-20-16(24)22-14-2-1-8-19-15(14)23-11-18-10-21-23/h1-6,8,10-11H,7,9H2,(H2,20,22,24). The summed E-state index contributed by atoms with van der Waals surface area (Å²) >= 11 is 0. The fourth-order valence-electron chi connectivity index (χ4n) is 2.13. The Morgan fingerprint density at radius 2 is 2.04 bits per heavy atom. The van der Waals surface area contributed by atoms with E-state index in [-0.39, 0.29) is 11.8 Å². The molecule has 2 aromatic heterocycles. The second-order valence-corrected chi connectivity index (χ2v) is 4.97. The van der Waals surface area contributed by atoms with E-state index in [1.165, 1.54) is 29.5 Å². The highest BCUT2D eigenvalue weighted by Crippen LogP contribution is 2.15. The Hall–Kier alpha value is -3.29. The molecule has 2 amide bonds. The molecule has 1 aromatic carbocycles. The van der Waals surface area contributed by atoms with Crippen LogP contribution in [-0.4, -0.2) is 32.3 Å². The van der Waals surface area contributed by atoms with Crippen LogP contribution in [0.1, 0.15) is 5.56 Å². The van der Waals surface area contributed by atoms with E-state index in [1.54, 1.807) is 30.5 Å². The van der Waals surface area contributed by atoms with Crippen LogP contribution in [0.5, 0.6) is 0 Å². The normalized spacial score (nSPS) is 10.4. The fourth-order valence-corrected chi connectivity index (χ4v) is 2.13. The van der Waals surface area contributed by atoms with Gasteiger partial charge in [0.1, 0.15) is 18.5 Å². The first-order valence-corrected chi connectivity index (χ1v) is 7.32. The molecule has 3 rings (SSSR count). The average molecular weight is 326 g/mol. The number of nitrogens with zero attached hydrogens (tertiary/aromatic N) is 4. The number of pyridine rings is 1. The van der Waals surface area contributed by atoms with Crippen LogP contribution in [0.4, 0.5) is 14.9 Å². The number of hydrogen-bond acceptors (Lipinski definition) is 4. The summed E-state index contributed by atoms with van der Waals surface area (Å²) in [5.41, 5.74) is 1.46. The molecule has 122 valence electrons. The number of benzene rings is 1. The Bertz CT molecular complexity index is 804. The second-order valence-electron chi connectivity index (χ2n) is 4.97. The van der Waals surface area contributed by atoms with Crippen LogP contribution in [0.15, 0.2) is 55.2 Å². The Labute approximate surface area is 137 Å². The summed E-state index contributed by atoms with van der Waals surface area (Å²) in [6.45, 7) is 0.427. The zero-order chi connectivity index (χ0) is 16.8. The molecular formula is C16H15FN6O. The number of halogens is 1. The number of rotatable bonds is 5. The van der Waals surface area contributed by atoms with Crippen LogP contribution in [0.25, 0.3) is 5.82 Å². The number of anilines is 1. The van der Waals surface area contributed by atoms with E-state index in [2.05, 4.69) is 25.7 Å². The molecule has 8 heteroatoms. The summed E-state index contributed by atoms with van der Waals surface area (Å²) < 4.78 is 14.3. The lowest BCUT2D eigenvalue weighted by atomic mass is 10.1. The van der Waals surface area contributed by atoms with E-state index < -0.39 is 0 Å². The van der Waals surface area contributed by atoms with Gasteiger partial charge in [0.15, 0.2) is 5.82 Å². The molecule has 0 bridgehead atoms. The Kier molecular flexibility index (Phi) is 4.76. The third kappa shape index (κ3) is 3.92. The molecule has 0 spiro atoms. The molecule has 0 aliphatic heterocycles. The summed E-state index contributed by atoms with van der Waals surface area (Å²) in [5.74, 6) is 0.199. The van der Waals surface area contributed by atoms with E-state index in [0.717, 1.165) is 5.56 Å². The van der Waals surface area contributed by atoms with E-state index in [1.807, 2.05) is 0 Å². The highest BCUT2D eigenvalue weighted by atomic mass is 19.1. The Morgan fingerprint density at radius 3 is 2.79 bits per heavy atom. The SMILES string of the molecule is O=C(NCCc1ccc(F)cc1)Nc1cccnc1-n1cncn1. The van der Waals surface area contributed by atoms with Gasteiger partial charge < -0.3 is 10.6 Å². The van der Waals surface area contributed by atoms with Crippen LogP contribution in [0.2, 0.25) is 0 Å². The lowest BCUT2D eigenvalue weighted by Gasteiger charge is -2.10. The minimum absolute atomic E-state index is 0.276. The highest BCUT2D eigenvalue weighted by Gasteiger charge is 2.09. The number of nitrogens with one attached hydrogen (secondary N) is 2. The molecule has 0 fully saturated rings. The maximum Gasteiger partial charge on any atom is 0.319 e. The summed E-state index contributed by atoms with van der Waals surface area (Å²) in [4.78, 5) is 20.1. The Balaban J connectivity index is 1.57. The second kappa shape index (κ2) is 7.32. The van der Waals surface area contributed by atoms with Crippen molar-refractivity contribution in [2.45, 2.75) is 6.42 Å². The van der Waals surface area contributed by atoms with Crippen molar-refractivity contribution in [2.75, 3.05) is 11.9 Å². The van der Waals surface area contributed by atoms with Crippen LogP contribution >= 0.6 is 0 Å². The third-order valence-electron chi connectivity index (χ3n) is 3.28. The van der Waals surface area contributed by atoms with Crippen molar-refractivity contribution < 1.29 is 9.18 Å².